The van der Waals surface area contributed by atoms with Gasteiger partial charge in [-0.15, -0.1) is 0 Å². The van der Waals surface area contributed by atoms with Crippen LogP contribution in [0.15, 0.2) is 18.2 Å². The Labute approximate surface area is 118 Å². The van der Waals surface area contributed by atoms with E-state index < -0.39 is 5.97 Å². The van der Waals surface area contributed by atoms with Crippen LogP contribution < -0.4 is 10.5 Å². The van der Waals surface area contributed by atoms with E-state index in [9.17, 15) is 9.59 Å². The van der Waals surface area contributed by atoms with E-state index in [0.29, 0.717) is 18.8 Å². The molecule has 0 aliphatic carbocycles. The number of rotatable bonds is 6. The van der Waals surface area contributed by atoms with Crippen LogP contribution in [0.2, 0.25) is 0 Å². The van der Waals surface area contributed by atoms with Gasteiger partial charge in [-0.1, -0.05) is 6.07 Å². The fourth-order valence-electron chi connectivity index (χ4n) is 1.82. The predicted molar refractivity (Wildman–Crippen MR) is 75.6 cm³/mol. The zero-order chi connectivity index (χ0) is 15.1. The van der Waals surface area contributed by atoms with Crippen molar-refractivity contribution in [2.45, 2.75) is 13.8 Å². The average Bonchev–Trinajstić information content (AvgIpc) is 2.45. The average molecular weight is 280 g/mol. The molecule has 1 amide bonds. The molecule has 0 atom stereocenters. The van der Waals surface area contributed by atoms with Crippen LogP contribution in [0.3, 0.4) is 0 Å². The highest BCUT2D eigenvalue weighted by molar-refractivity contribution is 5.95. The monoisotopic (exact) mass is 280 g/mol. The lowest BCUT2D eigenvalue weighted by atomic mass is 10.2. The van der Waals surface area contributed by atoms with Gasteiger partial charge in [0.1, 0.15) is 5.56 Å². The largest absolute Gasteiger partial charge is 0.494 e. The van der Waals surface area contributed by atoms with E-state index in [1.54, 1.807) is 23.1 Å². The third-order valence-corrected chi connectivity index (χ3v) is 2.91. The number of ether oxygens (including phenoxy) is 2. The molecule has 0 aliphatic rings. The van der Waals surface area contributed by atoms with Gasteiger partial charge in [-0.25, -0.2) is 4.79 Å². The summed E-state index contributed by atoms with van der Waals surface area (Å²) in [6.07, 6.45) is 0. The number of nitrogen functional groups attached to an aromatic ring is 1. The van der Waals surface area contributed by atoms with Crippen LogP contribution in [0.5, 0.6) is 5.75 Å². The Morgan fingerprint density at radius 2 is 1.90 bits per heavy atom. The lowest BCUT2D eigenvalue weighted by Crippen LogP contribution is -2.34. The Morgan fingerprint density at radius 3 is 2.45 bits per heavy atom. The van der Waals surface area contributed by atoms with Gasteiger partial charge in [0.15, 0.2) is 12.4 Å². The molecule has 0 spiro atoms. The maximum absolute atomic E-state index is 12.0. The number of hydrogen-bond acceptors (Lipinski definition) is 5. The number of amides is 1. The molecule has 6 nitrogen and oxygen atoms in total. The quantitative estimate of drug-likeness (QED) is 0.627. The predicted octanol–water partition coefficient (Wildman–Crippen LogP) is 1.30. The molecule has 1 rings (SSSR count). The number of carbonyl (C=O) groups excluding carboxylic acids is 2. The first-order chi connectivity index (χ1) is 9.54. The highest BCUT2D eigenvalue weighted by Gasteiger charge is 2.18. The molecule has 2 N–H and O–H groups in total. The van der Waals surface area contributed by atoms with Gasteiger partial charge in [0.25, 0.3) is 5.91 Å². The summed E-state index contributed by atoms with van der Waals surface area (Å²) >= 11 is 0. The first-order valence-corrected chi connectivity index (χ1v) is 6.42. The summed E-state index contributed by atoms with van der Waals surface area (Å²) in [6, 6.07) is 4.79. The second kappa shape index (κ2) is 7.37. The van der Waals surface area contributed by atoms with Gasteiger partial charge >= 0.3 is 5.97 Å². The van der Waals surface area contributed by atoms with Crippen molar-refractivity contribution >= 4 is 17.6 Å². The Kier molecular flexibility index (Phi) is 5.83. The zero-order valence-electron chi connectivity index (χ0n) is 12.0. The standard InChI is InChI=1S/C14H20N2O4/c1-4-16(5-2)12(17)9-20-14(18)10-7-6-8-11(15)13(10)19-3/h6-8H,4-5,9,15H2,1-3H3. The molecule has 0 saturated heterocycles. The topological polar surface area (TPSA) is 81.9 Å². The lowest BCUT2D eigenvalue weighted by molar-refractivity contribution is -0.134. The van der Waals surface area contributed by atoms with E-state index in [1.807, 2.05) is 13.8 Å². The number of hydrogen-bond donors (Lipinski definition) is 1. The first kappa shape index (κ1) is 15.8. The van der Waals surface area contributed by atoms with E-state index in [4.69, 9.17) is 15.2 Å². The van der Waals surface area contributed by atoms with Gasteiger partial charge in [0.2, 0.25) is 0 Å². The van der Waals surface area contributed by atoms with Crippen molar-refractivity contribution in [2.24, 2.45) is 0 Å². The molecule has 0 aromatic heterocycles. The first-order valence-electron chi connectivity index (χ1n) is 6.42. The third kappa shape index (κ3) is 3.63. The van der Waals surface area contributed by atoms with Crippen LogP contribution in [-0.2, 0) is 9.53 Å². The number of para-hydroxylation sites is 1. The molecule has 0 aliphatic heterocycles. The minimum atomic E-state index is -0.630. The van der Waals surface area contributed by atoms with Crippen LogP contribution in [0.25, 0.3) is 0 Å². The second-order valence-electron chi connectivity index (χ2n) is 4.07. The smallest absolute Gasteiger partial charge is 0.342 e. The minimum Gasteiger partial charge on any atom is -0.494 e. The van der Waals surface area contributed by atoms with Crippen molar-refractivity contribution < 1.29 is 19.1 Å². The minimum absolute atomic E-state index is 0.208. The van der Waals surface area contributed by atoms with Gasteiger partial charge < -0.3 is 20.1 Å². The Bertz CT molecular complexity index is 484. The summed E-state index contributed by atoms with van der Waals surface area (Å²) in [5.41, 5.74) is 6.26. The summed E-state index contributed by atoms with van der Waals surface area (Å²) in [7, 11) is 1.42. The summed E-state index contributed by atoms with van der Waals surface area (Å²) < 4.78 is 10.1. The van der Waals surface area contributed by atoms with Crippen molar-refractivity contribution in [3.05, 3.63) is 23.8 Å². The third-order valence-electron chi connectivity index (χ3n) is 2.91. The number of esters is 1. The summed E-state index contributed by atoms with van der Waals surface area (Å²) in [5.74, 6) is -0.603. The summed E-state index contributed by atoms with van der Waals surface area (Å²) in [6.45, 7) is 4.59. The molecule has 0 heterocycles. The highest BCUT2D eigenvalue weighted by atomic mass is 16.5. The van der Waals surface area contributed by atoms with Gasteiger partial charge in [0, 0.05) is 13.1 Å². The van der Waals surface area contributed by atoms with Gasteiger partial charge in [-0.2, -0.15) is 0 Å². The van der Waals surface area contributed by atoms with Gasteiger partial charge in [-0.05, 0) is 26.0 Å². The fourth-order valence-corrected chi connectivity index (χ4v) is 1.82. The molecule has 1 aromatic carbocycles. The Hall–Kier alpha value is -2.24. The van der Waals surface area contributed by atoms with Crippen molar-refractivity contribution in [3.63, 3.8) is 0 Å². The molecule has 110 valence electrons. The maximum Gasteiger partial charge on any atom is 0.342 e. The van der Waals surface area contributed by atoms with Crippen LogP contribution in [-0.4, -0.2) is 43.6 Å². The number of nitrogens with zero attached hydrogens (tertiary/aromatic N) is 1. The number of benzene rings is 1. The molecule has 0 saturated carbocycles. The normalized spacial score (nSPS) is 9.95. The van der Waals surface area contributed by atoms with E-state index in [-0.39, 0.29) is 23.8 Å². The van der Waals surface area contributed by atoms with E-state index >= 15 is 0 Å². The Balaban J connectivity index is 2.73. The van der Waals surface area contributed by atoms with Crippen LogP contribution in [0.1, 0.15) is 24.2 Å². The van der Waals surface area contributed by atoms with Crippen molar-refractivity contribution in [1.82, 2.24) is 4.90 Å². The van der Waals surface area contributed by atoms with Crippen LogP contribution in [0, 0.1) is 0 Å². The molecule has 0 bridgehead atoms. The zero-order valence-corrected chi connectivity index (χ0v) is 12.0. The number of anilines is 1. The lowest BCUT2D eigenvalue weighted by Gasteiger charge is -2.18. The van der Waals surface area contributed by atoms with Gasteiger partial charge in [0.05, 0.1) is 12.8 Å². The number of carbonyl (C=O) groups is 2. The second-order valence-corrected chi connectivity index (χ2v) is 4.07. The maximum atomic E-state index is 12.0. The van der Waals surface area contributed by atoms with E-state index in [2.05, 4.69) is 0 Å². The molecule has 0 fully saturated rings. The molecular weight excluding hydrogens is 260 g/mol. The van der Waals surface area contributed by atoms with E-state index in [0.717, 1.165) is 0 Å². The fraction of sp³-hybridized carbons (Fsp3) is 0.429. The molecule has 1 aromatic rings. The summed E-state index contributed by atoms with van der Waals surface area (Å²) in [4.78, 5) is 25.3. The summed E-state index contributed by atoms with van der Waals surface area (Å²) in [5, 5.41) is 0. The van der Waals surface area contributed by atoms with Crippen LogP contribution in [0.4, 0.5) is 5.69 Å². The molecule has 6 heteroatoms. The van der Waals surface area contributed by atoms with E-state index in [1.165, 1.54) is 7.11 Å². The highest BCUT2D eigenvalue weighted by Crippen LogP contribution is 2.26. The van der Waals surface area contributed by atoms with Crippen LogP contribution >= 0.6 is 0 Å². The molecule has 0 radical (unpaired) electrons. The van der Waals surface area contributed by atoms with Crippen molar-refractivity contribution in [2.75, 3.05) is 32.5 Å². The number of likely N-dealkylation sites (N-methyl/N-ethyl adjacent to an activating group) is 1. The SMILES string of the molecule is CCN(CC)C(=O)COC(=O)c1cccc(N)c1OC. The molecule has 20 heavy (non-hydrogen) atoms. The van der Waals surface area contributed by atoms with Crippen molar-refractivity contribution in [3.8, 4) is 5.75 Å². The molecule has 0 unspecified atom stereocenters. The molecular formula is C14H20N2O4. The van der Waals surface area contributed by atoms with Gasteiger partial charge in [-0.3, -0.25) is 4.79 Å². The number of nitrogens with two attached hydrogens (primary N) is 1. The number of methoxy groups -OCH3 is 1. The van der Waals surface area contributed by atoms with Crippen molar-refractivity contribution in [1.29, 1.82) is 0 Å². The Morgan fingerprint density at radius 1 is 1.25 bits per heavy atom.